The first-order chi connectivity index (χ1) is 13.2. The van der Waals surface area contributed by atoms with Crippen LogP contribution >= 0.6 is 12.4 Å². The highest BCUT2D eigenvalue weighted by molar-refractivity contribution is 5.89. The van der Waals surface area contributed by atoms with Gasteiger partial charge in [-0.3, -0.25) is 4.79 Å². The predicted octanol–water partition coefficient (Wildman–Crippen LogP) is 3.14. The first kappa shape index (κ1) is 20.9. The topological polar surface area (TPSA) is 73.5 Å². The van der Waals surface area contributed by atoms with Gasteiger partial charge in [0.05, 0.1) is 0 Å². The lowest BCUT2D eigenvalue weighted by molar-refractivity contribution is -0.133. The zero-order chi connectivity index (χ0) is 18.6. The number of likely N-dealkylation sites (tertiary alicyclic amines) is 1. The number of rotatable bonds is 4. The van der Waals surface area contributed by atoms with E-state index in [9.17, 15) is 9.59 Å². The van der Waals surface area contributed by atoms with Crippen LogP contribution in [0.4, 0.5) is 10.5 Å². The van der Waals surface area contributed by atoms with E-state index in [-0.39, 0.29) is 24.5 Å². The quantitative estimate of drug-likeness (QED) is 0.719. The number of benzene rings is 1. The van der Waals surface area contributed by atoms with Crippen molar-refractivity contribution in [3.05, 3.63) is 30.3 Å². The van der Waals surface area contributed by atoms with Crippen LogP contribution in [0.25, 0.3) is 0 Å². The molecule has 7 heteroatoms. The number of hydrogen-bond donors (Lipinski definition) is 3. The van der Waals surface area contributed by atoms with Crippen molar-refractivity contribution in [3.8, 4) is 0 Å². The van der Waals surface area contributed by atoms with Crippen molar-refractivity contribution in [1.29, 1.82) is 0 Å². The van der Waals surface area contributed by atoms with Crippen LogP contribution in [0.2, 0.25) is 0 Å². The molecule has 4 rings (SSSR count). The van der Waals surface area contributed by atoms with Crippen molar-refractivity contribution in [2.45, 2.75) is 63.1 Å². The summed E-state index contributed by atoms with van der Waals surface area (Å²) in [5.41, 5.74) is 0.790. The summed E-state index contributed by atoms with van der Waals surface area (Å²) in [6.45, 7) is 1.49. The summed E-state index contributed by atoms with van der Waals surface area (Å²) >= 11 is 0. The smallest absolute Gasteiger partial charge is 0.319 e. The van der Waals surface area contributed by atoms with Crippen LogP contribution in [0.5, 0.6) is 0 Å². The maximum Gasteiger partial charge on any atom is 0.319 e. The molecule has 1 aromatic rings. The van der Waals surface area contributed by atoms with Gasteiger partial charge in [0.2, 0.25) is 5.91 Å². The fourth-order valence-corrected chi connectivity index (χ4v) is 4.87. The molecule has 154 valence electrons. The van der Waals surface area contributed by atoms with Crippen molar-refractivity contribution in [3.63, 3.8) is 0 Å². The Labute approximate surface area is 173 Å². The van der Waals surface area contributed by atoms with E-state index in [1.807, 2.05) is 35.2 Å². The molecule has 3 aliphatic heterocycles. The summed E-state index contributed by atoms with van der Waals surface area (Å²) < 4.78 is 0. The Bertz CT molecular complexity index is 652. The number of carbonyl (C=O) groups excluding carboxylic acids is 2. The molecule has 2 atom stereocenters. The molecule has 6 nitrogen and oxygen atoms in total. The Kier molecular flexibility index (Phi) is 7.18. The van der Waals surface area contributed by atoms with Gasteiger partial charge in [-0.25, -0.2) is 4.79 Å². The maximum absolute atomic E-state index is 12.7. The molecular weight excluding hydrogens is 376 g/mol. The highest BCUT2D eigenvalue weighted by Crippen LogP contribution is 2.33. The zero-order valence-corrected chi connectivity index (χ0v) is 17.0. The number of urea groups is 1. The van der Waals surface area contributed by atoms with Crippen LogP contribution in [0.3, 0.4) is 0 Å². The first-order valence-electron chi connectivity index (χ1n) is 10.3. The zero-order valence-electron chi connectivity index (χ0n) is 16.2. The highest BCUT2D eigenvalue weighted by Gasteiger charge is 2.35. The van der Waals surface area contributed by atoms with Crippen molar-refractivity contribution in [2.75, 3.05) is 18.4 Å². The van der Waals surface area contributed by atoms with E-state index in [0.717, 1.165) is 44.5 Å². The van der Waals surface area contributed by atoms with Crippen LogP contribution < -0.4 is 16.0 Å². The van der Waals surface area contributed by atoms with Gasteiger partial charge in [0, 0.05) is 43.3 Å². The van der Waals surface area contributed by atoms with Gasteiger partial charge in [0.15, 0.2) is 0 Å². The van der Waals surface area contributed by atoms with Crippen LogP contribution in [0.1, 0.15) is 44.9 Å². The first-order valence-corrected chi connectivity index (χ1v) is 10.3. The lowest BCUT2D eigenvalue weighted by Crippen LogP contribution is -2.48. The Hall–Kier alpha value is -1.79. The van der Waals surface area contributed by atoms with Crippen LogP contribution in [0.15, 0.2) is 30.3 Å². The van der Waals surface area contributed by atoms with Gasteiger partial charge in [-0.05, 0) is 56.6 Å². The van der Waals surface area contributed by atoms with Gasteiger partial charge in [0.1, 0.15) is 0 Å². The molecule has 3 N–H and O–H groups in total. The molecule has 0 spiro atoms. The van der Waals surface area contributed by atoms with Gasteiger partial charge >= 0.3 is 6.03 Å². The number of hydrogen-bond acceptors (Lipinski definition) is 3. The number of nitrogens with one attached hydrogen (secondary N) is 3. The summed E-state index contributed by atoms with van der Waals surface area (Å²) in [4.78, 5) is 26.8. The predicted molar refractivity (Wildman–Crippen MR) is 113 cm³/mol. The van der Waals surface area contributed by atoms with E-state index in [2.05, 4.69) is 16.0 Å². The Balaban J connectivity index is 0.00000225. The number of halogens is 1. The molecule has 3 aliphatic rings. The van der Waals surface area contributed by atoms with E-state index in [4.69, 9.17) is 0 Å². The van der Waals surface area contributed by atoms with E-state index < -0.39 is 0 Å². The van der Waals surface area contributed by atoms with Gasteiger partial charge in [-0.2, -0.15) is 0 Å². The number of piperidine rings is 2. The lowest BCUT2D eigenvalue weighted by atomic mass is 9.89. The second-order valence-electron chi connectivity index (χ2n) is 8.30. The average molecular weight is 407 g/mol. The fraction of sp³-hybridized carbons (Fsp3) is 0.619. The Morgan fingerprint density at radius 1 is 1.00 bits per heavy atom. The van der Waals surface area contributed by atoms with E-state index in [0.29, 0.717) is 30.3 Å². The van der Waals surface area contributed by atoms with Crippen molar-refractivity contribution < 1.29 is 9.59 Å². The number of amides is 3. The molecule has 3 fully saturated rings. The second kappa shape index (κ2) is 9.61. The molecule has 3 saturated heterocycles. The van der Waals surface area contributed by atoms with Gasteiger partial charge in [-0.15, -0.1) is 12.4 Å². The molecule has 0 saturated carbocycles. The fourth-order valence-electron chi connectivity index (χ4n) is 4.87. The highest BCUT2D eigenvalue weighted by atomic mass is 35.5. The summed E-state index contributed by atoms with van der Waals surface area (Å²) in [7, 11) is 0. The lowest BCUT2D eigenvalue weighted by Gasteiger charge is -2.34. The third kappa shape index (κ3) is 5.39. The third-order valence-corrected chi connectivity index (χ3v) is 6.25. The number of anilines is 1. The van der Waals surface area contributed by atoms with Crippen LogP contribution in [-0.2, 0) is 4.79 Å². The van der Waals surface area contributed by atoms with Gasteiger partial charge < -0.3 is 20.9 Å². The van der Waals surface area contributed by atoms with E-state index in [1.54, 1.807) is 0 Å². The molecular formula is C21H31ClN4O2. The van der Waals surface area contributed by atoms with Crippen molar-refractivity contribution in [1.82, 2.24) is 15.5 Å². The number of nitrogens with zero attached hydrogens (tertiary/aromatic N) is 1. The number of fused-ring (bicyclic) bond motifs is 2. The molecule has 3 amide bonds. The van der Waals surface area contributed by atoms with E-state index in [1.165, 1.54) is 12.8 Å². The minimum absolute atomic E-state index is 0. The van der Waals surface area contributed by atoms with Crippen LogP contribution in [-0.4, -0.2) is 48.1 Å². The minimum atomic E-state index is -0.170. The Morgan fingerprint density at radius 2 is 1.64 bits per heavy atom. The molecule has 2 bridgehead atoms. The monoisotopic (exact) mass is 406 g/mol. The molecule has 3 heterocycles. The second-order valence-corrected chi connectivity index (χ2v) is 8.30. The van der Waals surface area contributed by atoms with E-state index >= 15 is 0 Å². The van der Waals surface area contributed by atoms with Crippen molar-refractivity contribution >= 4 is 30.0 Å². The van der Waals surface area contributed by atoms with Gasteiger partial charge in [0.25, 0.3) is 0 Å². The minimum Gasteiger partial charge on any atom is -0.343 e. The summed E-state index contributed by atoms with van der Waals surface area (Å²) in [5.74, 6) is 0.845. The van der Waals surface area contributed by atoms with Gasteiger partial charge in [-0.1, -0.05) is 18.2 Å². The van der Waals surface area contributed by atoms with Crippen molar-refractivity contribution in [2.24, 2.45) is 5.92 Å². The maximum atomic E-state index is 12.7. The Morgan fingerprint density at radius 3 is 2.29 bits per heavy atom. The molecule has 1 aromatic carbocycles. The van der Waals surface area contributed by atoms with Crippen LogP contribution in [0, 0.1) is 5.92 Å². The molecule has 28 heavy (non-hydrogen) atoms. The summed E-state index contributed by atoms with van der Waals surface area (Å²) in [6.07, 6.45) is 7.20. The standard InChI is InChI=1S/C21H30N4O2.ClH/c26-20(14-15-12-18-6-7-19(13-15)22-18)25-10-8-17(9-11-25)24-21(27)23-16-4-2-1-3-5-16;/h1-5,15,17-19,22H,6-14H2,(H2,23,24,27);1H. The third-order valence-electron chi connectivity index (χ3n) is 6.25. The average Bonchev–Trinajstić information content (AvgIpc) is 3.01. The largest absolute Gasteiger partial charge is 0.343 e. The normalized spacial score (nSPS) is 27.0. The SMILES string of the molecule is Cl.O=C(Nc1ccccc1)NC1CCN(C(=O)CC2CC3CCC(C2)N3)CC1. The molecule has 0 aliphatic carbocycles. The summed E-state index contributed by atoms with van der Waals surface area (Å²) in [6, 6.07) is 10.7. The number of carbonyl (C=O) groups is 2. The molecule has 0 aromatic heterocycles. The molecule has 2 unspecified atom stereocenters. The molecule has 0 radical (unpaired) electrons. The summed E-state index contributed by atoms with van der Waals surface area (Å²) in [5, 5.41) is 9.53. The number of para-hydroxylation sites is 1.